The monoisotopic (exact) mass is 459 g/mol. The van der Waals surface area contributed by atoms with E-state index in [1.807, 2.05) is 24.3 Å². The number of carboxylic acids is 1. The van der Waals surface area contributed by atoms with Crippen molar-refractivity contribution in [2.75, 3.05) is 13.1 Å². The fourth-order valence-corrected chi connectivity index (χ4v) is 3.95. The van der Waals surface area contributed by atoms with Crippen molar-refractivity contribution in [1.29, 1.82) is 0 Å². The van der Waals surface area contributed by atoms with Crippen molar-refractivity contribution >= 4 is 34.6 Å². The molecule has 1 aromatic heterocycles. The van der Waals surface area contributed by atoms with Crippen molar-refractivity contribution in [3.8, 4) is 0 Å². The molecule has 2 aromatic rings. The van der Waals surface area contributed by atoms with E-state index in [1.165, 1.54) is 11.8 Å². The number of H-pyrrole nitrogens is 1. The molecule has 1 fully saturated rings. The number of fused-ring (bicyclic) bond motifs is 1. The first-order chi connectivity index (χ1) is 15.7. The molecule has 11 nitrogen and oxygen atoms in total. The summed E-state index contributed by atoms with van der Waals surface area (Å²) < 4.78 is 0. The number of aliphatic carboxylic acids is 1. The Balaban J connectivity index is 1.56. The predicted molar refractivity (Wildman–Crippen MR) is 119 cm³/mol. The summed E-state index contributed by atoms with van der Waals surface area (Å²) in [5.41, 5.74) is 7.31. The van der Waals surface area contributed by atoms with Gasteiger partial charge < -0.3 is 36.5 Å². The van der Waals surface area contributed by atoms with Crippen LogP contribution in [0, 0.1) is 0 Å². The number of hydrogen-bond acceptors (Lipinski definition) is 6. The summed E-state index contributed by atoms with van der Waals surface area (Å²) in [5.74, 6) is -2.92. The van der Waals surface area contributed by atoms with Crippen molar-refractivity contribution in [3.05, 3.63) is 36.0 Å². The third-order valence-corrected chi connectivity index (χ3v) is 5.80. The van der Waals surface area contributed by atoms with Crippen molar-refractivity contribution in [1.82, 2.24) is 20.5 Å². The Labute approximate surface area is 190 Å². The number of nitrogens with one attached hydrogen (secondary N) is 3. The van der Waals surface area contributed by atoms with Gasteiger partial charge in [0.05, 0.1) is 12.6 Å². The van der Waals surface area contributed by atoms with Crippen LogP contribution in [0.1, 0.15) is 25.3 Å². The Kier molecular flexibility index (Phi) is 7.67. The summed E-state index contributed by atoms with van der Waals surface area (Å²) >= 11 is 0. The Morgan fingerprint density at radius 2 is 2.00 bits per heavy atom. The highest BCUT2D eigenvalue weighted by Gasteiger charge is 2.37. The van der Waals surface area contributed by atoms with Crippen molar-refractivity contribution in [2.45, 2.75) is 50.4 Å². The zero-order valence-corrected chi connectivity index (χ0v) is 18.3. The number of carboxylic acid groups (broad SMARTS) is 1. The molecule has 0 radical (unpaired) electrons. The minimum absolute atomic E-state index is 0.0706. The van der Waals surface area contributed by atoms with Crippen molar-refractivity contribution in [3.63, 3.8) is 0 Å². The average molecular weight is 460 g/mol. The van der Waals surface area contributed by atoms with Crippen LogP contribution in [-0.4, -0.2) is 81.1 Å². The largest absolute Gasteiger partial charge is 0.480 e. The second-order valence-corrected chi connectivity index (χ2v) is 8.20. The molecule has 0 bridgehead atoms. The average Bonchev–Trinajstić information content (AvgIpc) is 3.43. The highest BCUT2D eigenvalue weighted by molar-refractivity contribution is 5.93. The van der Waals surface area contributed by atoms with E-state index in [0.29, 0.717) is 19.4 Å². The quantitative estimate of drug-likeness (QED) is 0.281. The first kappa shape index (κ1) is 24.2. The van der Waals surface area contributed by atoms with Gasteiger partial charge in [-0.25, -0.2) is 4.79 Å². The van der Waals surface area contributed by atoms with E-state index in [1.54, 1.807) is 6.20 Å². The van der Waals surface area contributed by atoms with Gasteiger partial charge in [-0.05, 0) is 31.4 Å². The lowest BCUT2D eigenvalue weighted by molar-refractivity contribution is -0.142. The molecule has 0 saturated carbocycles. The van der Waals surface area contributed by atoms with Gasteiger partial charge in [0.25, 0.3) is 0 Å². The third kappa shape index (κ3) is 5.68. The van der Waals surface area contributed by atoms with E-state index in [2.05, 4.69) is 15.6 Å². The highest BCUT2D eigenvalue weighted by atomic mass is 16.4. The van der Waals surface area contributed by atoms with Crippen LogP contribution in [0.5, 0.6) is 0 Å². The Hall–Kier alpha value is -3.44. The van der Waals surface area contributed by atoms with Gasteiger partial charge in [-0.15, -0.1) is 0 Å². The maximum Gasteiger partial charge on any atom is 0.326 e. The van der Waals surface area contributed by atoms with E-state index in [-0.39, 0.29) is 6.42 Å². The number of aliphatic hydroxyl groups excluding tert-OH is 1. The first-order valence-corrected chi connectivity index (χ1v) is 10.8. The van der Waals surface area contributed by atoms with E-state index in [4.69, 9.17) is 5.73 Å². The van der Waals surface area contributed by atoms with Crippen LogP contribution in [-0.2, 0) is 25.6 Å². The first-order valence-electron chi connectivity index (χ1n) is 10.8. The molecule has 4 unspecified atom stereocenters. The number of aliphatic hydroxyl groups is 1. The van der Waals surface area contributed by atoms with Gasteiger partial charge in [0, 0.05) is 30.1 Å². The molecular weight excluding hydrogens is 430 g/mol. The normalized spacial score (nSPS) is 18.5. The molecule has 3 rings (SSSR count). The summed E-state index contributed by atoms with van der Waals surface area (Å²) in [5, 5.41) is 24.9. The standard InChI is InChI=1S/C22H29N5O6/c1-12(28)19(23)21(31)27-8-4-7-17(27)20(30)25-11-18(29)26-16(22(32)33)9-13-10-24-15-6-3-2-5-14(13)15/h2-3,5-6,10,12,16-17,19,24,28H,4,7-9,11,23H2,1H3,(H,25,30)(H,26,29)(H,32,33). The van der Waals surface area contributed by atoms with E-state index in [0.717, 1.165) is 16.5 Å². The van der Waals surface area contributed by atoms with Crippen LogP contribution in [0.3, 0.4) is 0 Å². The van der Waals surface area contributed by atoms with Gasteiger partial charge in [0.2, 0.25) is 17.7 Å². The molecule has 4 atom stereocenters. The maximum absolute atomic E-state index is 12.6. The third-order valence-electron chi connectivity index (χ3n) is 5.80. The molecule has 1 aliphatic rings. The zero-order chi connectivity index (χ0) is 24.1. The smallest absolute Gasteiger partial charge is 0.326 e. The molecular formula is C22H29N5O6. The van der Waals surface area contributed by atoms with Gasteiger partial charge in [0.15, 0.2) is 0 Å². The number of para-hydroxylation sites is 1. The van der Waals surface area contributed by atoms with Crippen molar-refractivity contribution < 1.29 is 29.4 Å². The van der Waals surface area contributed by atoms with Gasteiger partial charge in [-0.3, -0.25) is 14.4 Å². The second-order valence-electron chi connectivity index (χ2n) is 8.20. The minimum Gasteiger partial charge on any atom is -0.480 e. The van der Waals surface area contributed by atoms with Crippen LogP contribution in [0.15, 0.2) is 30.5 Å². The fourth-order valence-electron chi connectivity index (χ4n) is 3.95. The van der Waals surface area contributed by atoms with Crippen molar-refractivity contribution in [2.24, 2.45) is 5.73 Å². The van der Waals surface area contributed by atoms with Crippen LogP contribution in [0.25, 0.3) is 10.9 Å². The van der Waals surface area contributed by atoms with Crippen LogP contribution < -0.4 is 16.4 Å². The molecule has 1 aliphatic heterocycles. The SMILES string of the molecule is CC(O)C(N)C(=O)N1CCCC1C(=O)NCC(=O)NC(Cc1c[nH]c2ccccc12)C(=O)O. The van der Waals surface area contributed by atoms with Crippen LogP contribution in [0.2, 0.25) is 0 Å². The van der Waals surface area contributed by atoms with Gasteiger partial charge in [0.1, 0.15) is 18.1 Å². The summed E-state index contributed by atoms with van der Waals surface area (Å²) in [6.45, 7) is 1.29. The predicted octanol–water partition coefficient (Wildman–Crippen LogP) is -0.905. The van der Waals surface area contributed by atoms with E-state index in [9.17, 15) is 29.4 Å². The number of carbonyl (C=O) groups is 4. The Morgan fingerprint density at radius 1 is 1.27 bits per heavy atom. The summed E-state index contributed by atoms with van der Waals surface area (Å²) in [7, 11) is 0. The van der Waals surface area contributed by atoms with Crippen LogP contribution >= 0.6 is 0 Å². The summed E-state index contributed by atoms with van der Waals surface area (Å²) in [6.07, 6.45) is 1.72. The number of aromatic nitrogens is 1. The molecule has 11 heteroatoms. The molecule has 0 aliphatic carbocycles. The lowest BCUT2D eigenvalue weighted by Crippen LogP contribution is -2.55. The number of benzene rings is 1. The molecule has 7 N–H and O–H groups in total. The molecule has 178 valence electrons. The van der Waals surface area contributed by atoms with Gasteiger partial charge in [-0.1, -0.05) is 18.2 Å². The van der Waals surface area contributed by atoms with Gasteiger partial charge >= 0.3 is 5.97 Å². The number of carbonyl (C=O) groups excluding carboxylic acids is 3. The summed E-state index contributed by atoms with van der Waals surface area (Å²) in [4.78, 5) is 53.4. The number of aromatic amines is 1. The number of nitrogens with two attached hydrogens (primary N) is 1. The number of nitrogens with zero attached hydrogens (tertiary/aromatic N) is 1. The highest BCUT2D eigenvalue weighted by Crippen LogP contribution is 2.20. The molecule has 0 spiro atoms. The second kappa shape index (κ2) is 10.5. The topological polar surface area (TPSA) is 178 Å². The minimum atomic E-state index is -1.19. The van der Waals surface area contributed by atoms with Crippen LogP contribution in [0.4, 0.5) is 0 Å². The molecule has 3 amide bonds. The Bertz CT molecular complexity index is 1040. The fraction of sp³-hybridized carbons (Fsp3) is 0.455. The molecule has 1 saturated heterocycles. The Morgan fingerprint density at radius 3 is 2.70 bits per heavy atom. The van der Waals surface area contributed by atoms with E-state index < -0.39 is 54.5 Å². The maximum atomic E-state index is 12.6. The molecule has 33 heavy (non-hydrogen) atoms. The number of hydrogen-bond donors (Lipinski definition) is 6. The number of likely N-dealkylation sites (tertiary alicyclic amines) is 1. The molecule has 2 heterocycles. The lowest BCUT2D eigenvalue weighted by atomic mass is 10.0. The summed E-state index contributed by atoms with van der Waals surface area (Å²) in [6, 6.07) is 4.32. The molecule has 1 aromatic carbocycles. The van der Waals surface area contributed by atoms with Gasteiger partial charge in [-0.2, -0.15) is 0 Å². The lowest BCUT2D eigenvalue weighted by Gasteiger charge is -2.27. The number of amides is 3. The number of rotatable bonds is 9. The van der Waals surface area contributed by atoms with E-state index >= 15 is 0 Å². The zero-order valence-electron chi connectivity index (χ0n) is 18.3.